The molecule has 0 aromatic rings. The first kappa shape index (κ1) is 11.7. The Balaban J connectivity index is 2.44. The van der Waals surface area contributed by atoms with Gasteiger partial charge in [0, 0.05) is 0 Å². The molecule has 0 unspecified atom stereocenters. The van der Waals surface area contributed by atoms with Crippen molar-refractivity contribution in [1.29, 1.82) is 0 Å². The van der Waals surface area contributed by atoms with Crippen LogP contribution in [0.15, 0.2) is 83.6 Å². The molecule has 86 valence electrons. The van der Waals surface area contributed by atoms with Gasteiger partial charge in [-0.05, 0) is 36.5 Å². The summed E-state index contributed by atoms with van der Waals surface area (Å²) in [7, 11) is 0. The van der Waals surface area contributed by atoms with Crippen LogP contribution in [-0.4, -0.2) is 0 Å². The van der Waals surface area contributed by atoms with Gasteiger partial charge in [-0.3, -0.25) is 0 Å². The normalized spacial score (nSPS) is 25.4. The number of hydrogen-bond donors (Lipinski definition) is 0. The first-order chi connectivity index (χ1) is 8.27. The Morgan fingerprint density at radius 1 is 1.06 bits per heavy atom. The third-order valence-corrected chi connectivity index (χ3v) is 2.87. The molecule has 2 aliphatic rings. The van der Waals surface area contributed by atoms with Gasteiger partial charge in [0.25, 0.3) is 0 Å². The molecule has 0 saturated heterocycles. The van der Waals surface area contributed by atoms with Crippen molar-refractivity contribution in [3.63, 3.8) is 0 Å². The summed E-state index contributed by atoms with van der Waals surface area (Å²) in [6.45, 7) is 6.01. The SMILES string of the molecule is C=C(C)/C=C1/C=CC=CC/C1=C1\C=CC=CC1. The minimum atomic E-state index is 1.000. The van der Waals surface area contributed by atoms with Crippen LogP contribution in [0.25, 0.3) is 0 Å². The first-order valence-electron chi connectivity index (χ1n) is 6.03. The van der Waals surface area contributed by atoms with E-state index in [1.807, 2.05) is 6.92 Å². The van der Waals surface area contributed by atoms with E-state index in [1.165, 1.54) is 16.7 Å². The molecule has 0 bridgehead atoms. The van der Waals surface area contributed by atoms with Crippen LogP contribution in [0.4, 0.5) is 0 Å². The zero-order valence-electron chi connectivity index (χ0n) is 10.3. The fourth-order valence-corrected chi connectivity index (χ4v) is 2.10. The van der Waals surface area contributed by atoms with E-state index in [1.54, 1.807) is 0 Å². The van der Waals surface area contributed by atoms with E-state index in [2.05, 4.69) is 61.3 Å². The van der Waals surface area contributed by atoms with Crippen LogP contribution in [0.5, 0.6) is 0 Å². The molecule has 0 amide bonds. The third kappa shape index (κ3) is 3.07. The van der Waals surface area contributed by atoms with Crippen LogP contribution in [0.3, 0.4) is 0 Å². The largest absolute Gasteiger partial charge is 0.0961 e. The summed E-state index contributed by atoms with van der Waals surface area (Å²) in [4.78, 5) is 0. The highest BCUT2D eigenvalue weighted by molar-refractivity contribution is 5.52. The molecular formula is C17H18. The van der Waals surface area contributed by atoms with E-state index in [0.717, 1.165) is 18.4 Å². The second-order valence-corrected chi connectivity index (χ2v) is 4.43. The lowest BCUT2D eigenvalue weighted by molar-refractivity contribution is 1.13. The third-order valence-electron chi connectivity index (χ3n) is 2.87. The Morgan fingerprint density at radius 2 is 1.76 bits per heavy atom. The average Bonchev–Trinajstić information content (AvgIpc) is 2.55. The predicted octanol–water partition coefficient (Wildman–Crippen LogP) is 4.82. The van der Waals surface area contributed by atoms with Crippen molar-refractivity contribution in [1.82, 2.24) is 0 Å². The van der Waals surface area contributed by atoms with E-state index >= 15 is 0 Å². The molecule has 0 fully saturated rings. The van der Waals surface area contributed by atoms with Crippen LogP contribution in [0.1, 0.15) is 19.8 Å². The van der Waals surface area contributed by atoms with Crippen molar-refractivity contribution >= 4 is 0 Å². The first-order valence-corrected chi connectivity index (χ1v) is 6.03. The minimum Gasteiger partial charge on any atom is -0.0961 e. The number of allylic oxidation sites excluding steroid dienone is 13. The Labute approximate surface area is 104 Å². The molecule has 0 aromatic heterocycles. The van der Waals surface area contributed by atoms with Crippen LogP contribution in [-0.2, 0) is 0 Å². The highest BCUT2D eigenvalue weighted by atomic mass is 14.1. The van der Waals surface area contributed by atoms with E-state index in [-0.39, 0.29) is 0 Å². The van der Waals surface area contributed by atoms with Crippen molar-refractivity contribution in [2.24, 2.45) is 0 Å². The lowest BCUT2D eigenvalue weighted by atomic mass is 9.92. The second kappa shape index (κ2) is 5.49. The molecule has 0 N–H and O–H groups in total. The second-order valence-electron chi connectivity index (χ2n) is 4.43. The summed E-state index contributed by atoms with van der Waals surface area (Å²) >= 11 is 0. The van der Waals surface area contributed by atoms with Gasteiger partial charge in [0.05, 0.1) is 0 Å². The Bertz CT molecular complexity index is 488. The summed E-state index contributed by atoms with van der Waals surface area (Å²) in [5.41, 5.74) is 5.22. The monoisotopic (exact) mass is 222 g/mol. The molecule has 0 saturated carbocycles. The quantitative estimate of drug-likeness (QED) is 0.597. The fraction of sp³-hybridized carbons (Fsp3) is 0.176. The summed E-state index contributed by atoms with van der Waals surface area (Å²) < 4.78 is 0. The van der Waals surface area contributed by atoms with Gasteiger partial charge in [-0.25, -0.2) is 0 Å². The summed E-state index contributed by atoms with van der Waals surface area (Å²) in [6.07, 6.45) is 21.4. The van der Waals surface area contributed by atoms with Crippen molar-refractivity contribution in [3.05, 3.63) is 83.6 Å². The molecular weight excluding hydrogens is 204 g/mol. The molecule has 0 aliphatic heterocycles. The van der Waals surface area contributed by atoms with Gasteiger partial charge in [-0.2, -0.15) is 0 Å². The Morgan fingerprint density at radius 3 is 2.41 bits per heavy atom. The number of hydrogen-bond acceptors (Lipinski definition) is 0. The van der Waals surface area contributed by atoms with Gasteiger partial charge in [-0.15, -0.1) is 0 Å². The van der Waals surface area contributed by atoms with Gasteiger partial charge in [0.15, 0.2) is 0 Å². The molecule has 0 radical (unpaired) electrons. The summed E-state index contributed by atoms with van der Waals surface area (Å²) in [6, 6.07) is 0. The van der Waals surface area contributed by atoms with Crippen molar-refractivity contribution < 1.29 is 0 Å². The van der Waals surface area contributed by atoms with Gasteiger partial charge >= 0.3 is 0 Å². The molecule has 2 rings (SSSR count). The standard InChI is InChI=1S/C17H18/c1-14(2)13-16-11-7-4-8-12-17(16)15-9-5-3-6-10-15/h3-9,11,13H,1,10,12H2,2H3/b16-13-,17-15-. The molecule has 0 heterocycles. The lowest BCUT2D eigenvalue weighted by Gasteiger charge is -2.13. The highest BCUT2D eigenvalue weighted by Gasteiger charge is 2.08. The maximum Gasteiger partial charge on any atom is -0.00855 e. The topological polar surface area (TPSA) is 0 Å². The minimum absolute atomic E-state index is 1.000. The van der Waals surface area contributed by atoms with Gasteiger partial charge < -0.3 is 0 Å². The zero-order valence-corrected chi connectivity index (χ0v) is 10.3. The highest BCUT2D eigenvalue weighted by Crippen LogP contribution is 2.28. The maximum absolute atomic E-state index is 3.97. The van der Waals surface area contributed by atoms with Gasteiger partial charge in [0.1, 0.15) is 0 Å². The van der Waals surface area contributed by atoms with Gasteiger partial charge in [0.2, 0.25) is 0 Å². The van der Waals surface area contributed by atoms with Crippen molar-refractivity contribution in [2.75, 3.05) is 0 Å². The van der Waals surface area contributed by atoms with Crippen LogP contribution in [0, 0.1) is 0 Å². The predicted molar refractivity (Wildman–Crippen MR) is 75.7 cm³/mol. The molecule has 0 aromatic carbocycles. The molecule has 0 atom stereocenters. The molecule has 2 aliphatic carbocycles. The summed E-state index contributed by atoms with van der Waals surface area (Å²) in [5.74, 6) is 0. The Kier molecular flexibility index (Phi) is 3.77. The number of rotatable bonds is 1. The smallest absolute Gasteiger partial charge is 0.00855 e. The van der Waals surface area contributed by atoms with E-state index in [0.29, 0.717) is 0 Å². The maximum atomic E-state index is 3.97. The van der Waals surface area contributed by atoms with Crippen LogP contribution < -0.4 is 0 Å². The Hall–Kier alpha value is -1.82. The van der Waals surface area contributed by atoms with Crippen molar-refractivity contribution in [3.8, 4) is 0 Å². The molecule has 17 heavy (non-hydrogen) atoms. The summed E-state index contributed by atoms with van der Waals surface area (Å²) in [5, 5.41) is 0. The lowest BCUT2D eigenvalue weighted by Crippen LogP contribution is -1.94. The van der Waals surface area contributed by atoms with E-state index in [9.17, 15) is 0 Å². The molecule has 0 heteroatoms. The molecule has 0 spiro atoms. The average molecular weight is 222 g/mol. The fourth-order valence-electron chi connectivity index (χ4n) is 2.10. The van der Waals surface area contributed by atoms with E-state index < -0.39 is 0 Å². The van der Waals surface area contributed by atoms with E-state index in [4.69, 9.17) is 0 Å². The van der Waals surface area contributed by atoms with Crippen molar-refractivity contribution in [2.45, 2.75) is 19.8 Å². The van der Waals surface area contributed by atoms with Crippen LogP contribution >= 0.6 is 0 Å². The zero-order chi connectivity index (χ0) is 12.1. The van der Waals surface area contributed by atoms with Gasteiger partial charge in [-0.1, -0.05) is 66.8 Å². The van der Waals surface area contributed by atoms with Crippen LogP contribution in [0.2, 0.25) is 0 Å². The molecule has 0 nitrogen and oxygen atoms in total.